The van der Waals surface area contributed by atoms with E-state index in [2.05, 4.69) is 0 Å². The Kier molecular flexibility index (Phi) is 2.70. The molecule has 0 aromatic heterocycles. The molecule has 0 radical (unpaired) electrons. The first-order chi connectivity index (χ1) is 6.93. The van der Waals surface area contributed by atoms with Gasteiger partial charge in [-0.2, -0.15) is 0 Å². The second-order valence-electron chi connectivity index (χ2n) is 2.71. The molecule has 0 fully saturated rings. The second-order valence-corrected chi connectivity index (χ2v) is 2.71. The standard InChI is InChI=1S/C9H8O6/c10-5-2-1-4(3-6(5)11)7(12)8(13)9(14)15/h1-3,10-13H,(H,14,15)/b8-7+. The fraction of sp³-hybridized carbons (Fsp3) is 0. The van der Waals surface area contributed by atoms with Crippen LogP contribution in [0.1, 0.15) is 5.56 Å². The molecule has 5 N–H and O–H groups in total. The molecule has 15 heavy (non-hydrogen) atoms. The van der Waals surface area contributed by atoms with E-state index in [9.17, 15) is 9.90 Å². The predicted octanol–water partition coefficient (Wildman–Crippen LogP) is 0.967. The third kappa shape index (κ3) is 2.11. The summed E-state index contributed by atoms with van der Waals surface area (Å²) in [7, 11) is 0. The Labute approximate surface area is 84.0 Å². The van der Waals surface area contributed by atoms with Crippen molar-refractivity contribution < 1.29 is 30.3 Å². The minimum atomic E-state index is -1.69. The van der Waals surface area contributed by atoms with Crippen LogP contribution in [-0.4, -0.2) is 31.5 Å². The molecule has 0 amide bonds. The van der Waals surface area contributed by atoms with E-state index in [1.165, 1.54) is 0 Å². The molecule has 6 heteroatoms. The number of aliphatic hydroxyl groups is 2. The lowest BCUT2D eigenvalue weighted by molar-refractivity contribution is -0.135. The molecule has 0 spiro atoms. The lowest BCUT2D eigenvalue weighted by Crippen LogP contribution is -2.03. The normalized spacial score (nSPS) is 12.0. The number of carboxylic acids is 1. The number of phenols is 2. The minimum absolute atomic E-state index is 0.120. The van der Waals surface area contributed by atoms with Gasteiger partial charge >= 0.3 is 5.97 Å². The van der Waals surface area contributed by atoms with E-state index in [0.29, 0.717) is 0 Å². The SMILES string of the molecule is O=C(O)/C(O)=C(\O)c1ccc(O)c(O)c1. The molecular weight excluding hydrogens is 204 g/mol. The topological polar surface area (TPSA) is 118 Å². The predicted molar refractivity (Wildman–Crippen MR) is 49.6 cm³/mol. The van der Waals surface area contributed by atoms with Crippen molar-refractivity contribution in [2.24, 2.45) is 0 Å². The number of aliphatic hydroxyl groups excluding tert-OH is 2. The average Bonchev–Trinajstić information content (AvgIpc) is 2.19. The number of carboxylic acid groups (broad SMARTS) is 1. The Morgan fingerprint density at radius 1 is 1.00 bits per heavy atom. The Hall–Kier alpha value is -2.37. The summed E-state index contributed by atoms with van der Waals surface area (Å²) in [5.74, 6) is -4.77. The van der Waals surface area contributed by atoms with Gasteiger partial charge < -0.3 is 25.5 Å². The van der Waals surface area contributed by atoms with Crippen molar-refractivity contribution in [3.8, 4) is 11.5 Å². The number of phenolic OH excluding ortho intramolecular Hbond substituents is 2. The van der Waals surface area contributed by atoms with E-state index in [-0.39, 0.29) is 5.56 Å². The highest BCUT2D eigenvalue weighted by Gasteiger charge is 2.14. The van der Waals surface area contributed by atoms with Crippen LogP contribution in [0.4, 0.5) is 0 Å². The summed E-state index contributed by atoms with van der Waals surface area (Å²) in [5.41, 5.74) is -0.120. The quantitative estimate of drug-likeness (QED) is 0.283. The molecule has 80 valence electrons. The molecule has 6 nitrogen and oxygen atoms in total. The maximum atomic E-state index is 10.3. The van der Waals surface area contributed by atoms with Crippen LogP contribution in [0.15, 0.2) is 24.0 Å². The molecule has 0 aliphatic heterocycles. The van der Waals surface area contributed by atoms with Crippen molar-refractivity contribution >= 4 is 11.7 Å². The van der Waals surface area contributed by atoms with Crippen LogP contribution in [0, 0.1) is 0 Å². The number of aromatic hydroxyl groups is 2. The van der Waals surface area contributed by atoms with Gasteiger partial charge in [-0.05, 0) is 18.2 Å². The fourth-order valence-corrected chi connectivity index (χ4v) is 0.909. The summed E-state index contributed by atoms with van der Waals surface area (Å²) in [6.07, 6.45) is 0. The van der Waals surface area contributed by atoms with Gasteiger partial charge in [0, 0.05) is 5.56 Å². The van der Waals surface area contributed by atoms with Gasteiger partial charge in [0.25, 0.3) is 0 Å². The molecule has 0 aliphatic rings. The van der Waals surface area contributed by atoms with Gasteiger partial charge in [-0.1, -0.05) is 0 Å². The van der Waals surface area contributed by atoms with Crippen LogP contribution in [-0.2, 0) is 4.79 Å². The van der Waals surface area contributed by atoms with Gasteiger partial charge in [0.15, 0.2) is 17.3 Å². The number of rotatable bonds is 2. The average molecular weight is 212 g/mol. The van der Waals surface area contributed by atoms with Gasteiger partial charge in [0.2, 0.25) is 5.76 Å². The van der Waals surface area contributed by atoms with Crippen molar-refractivity contribution in [2.75, 3.05) is 0 Å². The van der Waals surface area contributed by atoms with Crippen molar-refractivity contribution in [3.05, 3.63) is 29.5 Å². The zero-order chi connectivity index (χ0) is 11.6. The summed E-state index contributed by atoms with van der Waals surface area (Å²) in [6, 6.07) is 3.11. The van der Waals surface area contributed by atoms with Crippen LogP contribution in [0.5, 0.6) is 11.5 Å². The molecule has 1 rings (SSSR count). The zero-order valence-electron chi connectivity index (χ0n) is 7.38. The van der Waals surface area contributed by atoms with Crippen LogP contribution < -0.4 is 0 Å². The molecule has 0 aliphatic carbocycles. The molecule has 0 saturated heterocycles. The van der Waals surface area contributed by atoms with Gasteiger partial charge in [-0.3, -0.25) is 0 Å². The van der Waals surface area contributed by atoms with Gasteiger partial charge in [0.1, 0.15) is 0 Å². The largest absolute Gasteiger partial charge is 0.504 e. The number of hydrogen-bond acceptors (Lipinski definition) is 5. The summed E-state index contributed by atoms with van der Waals surface area (Å²) in [6.45, 7) is 0. The molecule has 0 heterocycles. The van der Waals surface area contributed by atoms with Crippen LogP contribution in [0.25, 0.3) is 5.76 Å². The summed E-state index contributed by atoms with van der Waals surface area (Å²) in [4.78, 5) is 10.3. The van der Waals surface area contributed by atoms with Crippen molar-refractivity contribution in [1.29, 1.82) is 0 Å². The van der Waals surface area contributed by atoms with Crippen LogP contribution in [0.3, 0.4) is 0 Å². The Morgan fingerprint density at radius 3 is 2.07 bits per heavy atom. The maximum Gasteiger partial charge on any atom is 0.374 e. The van der Waals surface area contributed by atoms with Crippen molar-refractivity contribution in [2.45, 2.75) is 0 Å². The third-order valence-electron chi connectivity index (χ3n) is 1.68. The Morgan fingerprint density at radius 2 is 1.60 bits per heavy atom. The molecule has 0 unspecified atom stereocenters. The number of carbonyl (C=O) groups is 1. The molecule has 0 saturated carbocycles. The van der Waals surface area contributed by atoms with Crippen molar-refractivity contribution in [3.63, 3.8) is 0 Å². The molecule has 0 bridgehead atoms. The van der Waals surface area contributed by atoms with Gasteiger partial charge in [-0.25, -0.2) is 4.79 Å². The number of aliphatic carboxylic acids is 1. The molecule has 0 atom stereocenters. The first-order valence-corrected chi connectivity index (χ1v) is 3.81. The van der Waals surface area contributed by atoms with Crippen LogP contribution in [0.2, 0.25) is 0 Å². The third-order valence-corrected chi connectivity index (χ3v) is 1.68. The second kappa shape index (κ2) is 3.79. The van der Waals surface area contributed by atoms with E-state index >= 15 is 0 Å². The Balaban J connectivity index is 3.23. The number of hydrogen-bond donors (Lipinski definition) is 5. The molecule has 1 aromatic rings. The smallest absolute Gasteiger partial charge is 0.374 e. The summed E-state index contributed by atoms with van der Waals surface area (Å²) < 4.78 is 0. The first kappa shape index (κ1) is 10.7. The van der Waals surface area contributed by atoms with E-state index in [1.54, 1.807) is 0 Å². The van der Waals surface area contributed by atoms with Crippen molar-refractivity contribution in [1.82, 2.24) is 0 Å². The van der Waals surface area contributed by atoms with Gasteiger partial charge in [-0.15, -0.1) is 0 Å². The summed E-state index contributed by atoms with van der Waals surface area (Å²) >= 11 is 0. The molecular formula is C9H8O6. The Bertz CT molecular complexity index is 434. The maximum absolute atomic E-state index is 10.3. The summed E-state index contributed by atoms with van der Waals surface area (Å²) in [5, 5.41) is 44.5. The van der Waals surface area contributed by atoms with E-state index in [4.69, 9.17) is 20.4 Å². The minimum Gasteiger partial charge on any atom is -0.504 e. The van der Waals surface area contributed by atoms with Crippen LogP contribution >= 0.6 is 0 Å². The monoisotopic (exact) mass is 212 g/mol. The number of benzene rings is 1. The lowest BCUT2D eigenvalue weighted by Gasteiger charge is -2.03. The fourth-order valence-electron chi connectivity index (χ4n) is 0.909. The highest BCUT2D eigenvalue weighted by atomic mass is 16.4. The zero-order valence-corrected chi connectivity index (χ0v) is 7.38. The first-order valence-electron chi connectivity index (χ1n) is 3.81. The highest BCUT2D eigenvalue weighted by Crippen LogP contribution is 2.28. The van der Waals surface area contributed by atoms with E-state index in [0.717, 1.165) is 18.2 Å². The van der Waals surface area contributed by atoms with E-state index < -0.39 is 29.0 Å². The highest BCUT2D eigenvalue weighted by molar-refractivity contribution is 5.91. The lowest BCUT2D eigenvalue weighted by atomic mass is 10.1. The van der Waals surface area contributed by atoms with Gasteiger partial charge in [0.05, 0.1) is 0 Å². The van der Waals surface area contributed by atoms with E-state index in [1.807, 2.05) is 0 Å². The molecule has 1 aromatic carbocycles.